The molecular weight excluding hydrogens is 633 g/mol. The average molecular weight is 665 g/mol. The Balaban J connectivity index is 1.14. The molecule has 0 spiro atoms. The molecule has 2 heterocycles. The minimum absolute atomic E-state index is 0.643. The van der Waals surface area contributed by atoms with Crippen LogP contribution in [-0.4, -0.2) is 0 Å². The van der Waals surface area contributed by atoms with Crippen molar-refractivity contribution in [3.63, 3.8) is 0 Å². The van der Waals surface area contributed by atoms with E-state index in [-0.39, 0.29) is 0 Å². The summed E-state index contributed by atoms with van der Waals surface area (Å²) >= 11 is 0. The van der Waals surface area contributed by atoms with Crippen LogP contribution >= 0.6 is 0 Å². The second kappa shape index (κ2) is 11.3. The number of furan rings is 1. The molecule has 244 valence electrons. The fourth-order valence-corrected chi connectivity index (χ4v) is 8.54. The lowest BCUT2D eigenvalue weighted by Gasteiger charge is -2.30. The Bertz CT molecular complexity index is 3040. The molecule has 0 unspecified atom stereocenters. The Hall–Kier alpha value is -6.84. The Morgan fingerprint density at radius 1 is 0.442 bits per heavy atom. The number of hydrogen-bond acceptors (Lipinski definition) is 3. The molecule has 9 aromatic carbocycles. The van der Waals surface area contributed by atoms with Gasteiger partial charge in [-0.3, -0.25) is 0 Å². The summed E-state index contributed by atoms with van der Waals surface area (Å²) in [4.78, 5) is 2.39. The smallest absolute Gasteiger partial charge is 0.135 e. The Morgan fingerprint density at radius 2 is 0.981 bits per heavy atom. The first kappa shape index (κ1) is 28.9. The van der Waals surface area contributed by atoms with Crippen LogP contribution in [0.15, 0.2) is 180 Å². The molecule has 3 heteroatoms. The van der Waals surface area contributed by atoms with Gasteiger partial charge >= 0.3 is 0 Å². The number of rotatable bonds is 4. The lowest BCUT2D eigenvalue weighted by molar-refractivity contribution is 0.531. The molecule has 10 aromatic rings. The third-order valence-electron chi connectivity index (χ3n) is 10.9. The molecular formula is C49H32N2O. The molecule has 0 atom stereocenters. The largest absolute Gasteiger partial charge is 0.458 e. The van der Waals surface area contributed by atoms with Crippen LogP contribution in [-0.2, 0) is 6.54 Å². The van der Waals surface area contributed by atoms with Crippen molar-refractivity contribution >= 4 is 81.9 Å². The van der Waals surface area contributed by atoms with Gasteiger partial charge in [0.05, 0.1) is 17.8 Å². The van der Waals surface area contributed by atoms with Crippen LogP contribution in [0.2, 0.25) is 0 Å². The van der Waals surface area contributed by atoms with E-state index in [9.17, 15) is 0 Å². The minimum Gasteiger partial charge on any atom is -0.458 e. The number of benzene rings is 9. The molecule has 0 amide bonds. The predicted molar refractivity (Wildman–Crippen MR) is 219 cm³/mol. The van der Waals surface area contributed by atoms with E-state index in [0.717, 1.165) is 39.4 Å². The van der Waals surface area contributed by atoms with Crippen molar-refractivity contribution in [2.24, 2.45) is 0 Å². The fourth-order valence-electron chi connectivity index (χ4n) is 8.54. The van der Waals surface area contributed by atoms with Gasteiger partial charge in [0.25, 0.3) is 0 Å². The summed E-state index contributed by atoms with van der Waals surface area (Å²) in [5.74, 6) is 0.945. The van der Waals surface area contributed by atoms with Crippen LogP contribution in [0.3, 0.4) is 0 Å². The van der Waals surface area contributed by atoms with Crippen molar-refractivity contribution in [3.05, 3.63) is 187 Å². The first-order valence-electron chi connectivity index (χ1n) is 17.9. The molecule has 0 saturated carbocycles. The summed E-state index contributed by atoms with van der Waals surface area (Å²) in [6.07, 6.45) is 2.15. The molecule has 1 N–H and O–H groups in total. The van der Waals surface area contributed by atoms with Gasteiger partial charge in [-0.05, 0) is 101 Å². The maximum atomic E-state index is 6.44. The summed E-state index contributed by atoms with van der Waals surface area (Å²) < 4.78 is 6.44. The van der Waals surface area contributed by atoms with Gasteiger partial charge in [-0.2, -0.15) is 0 Å². The minimum atomic E-state index is 0.643. The standard InChI is InChI=1S/C49H32N2O/c1-2-12-35-32(11-1)27-44(40-17-7-3-13-36(35)40)31-21-23-33(24-22-31)51(46-29-50-30-48-49(46)43-19-9-10-20-47(43)52-48)34-25-26-42-39-16-5-4-14-37(39)38-15-6-8-18-41(38)45(42)28-34/h1-29,50H,30H2. The van der Waals surface area contributed by atoms with Crippen molar-refractivity contribution in [2.75, 3.05) is 4.90 Å². The number of nitrogens with one attached hydrogen (secondary N) is 1. The summed E-state index contributed by atoms with van der Waals surface area (Å²) in [7, 11) is 0. The highest BCUT2D eigenvalue weighted by Crippen LogP contribution is 2.45. The van der Waals surface area contributed by atoms with Crippen molar-refractivity contribution in [2.45, 2.75) is 6.54 Å². The lowest BCUT2D eigenvalue weighted by atomic mass is 9.93. The molecule has 1 aliphatic rings. The average Bonchev–Trinajstić information content (AvgIpc) is 3.61. The normalized spacial score (nSPS) is 12.8. The highest BCUT2D eigenvalue weighted by atomic mass is 16.3. The SMILES string of the molecule is C1=C(N(c2ccc(-c3cc4ccccc4c4ccccc34)cc2)c2ccc3c4ccccc4c4ccccc4c3c2)c2c(oc3ccccc23)CN1. The molecule has 3 nitrogen and oxygen atoms in total. The van der Waals surface area contributed by atoms with Crippen LogP contribution < -0.4 is 10.2 Å². The molecule has 52 heavy (non-hydrogen) atoms. The van der Waals surface area contributed by atoms with E-state index in [1.165, 1.54) is 65.0 Å². The Labute approximate surface area is 300 Å². The van der Waals surface area contributed by atoms with Gasteiger partial charge in [0, 0.05) is 23.0 Å². The third-order valence-corrected chi connectivity index (χ3v) is 10.9. The number of para-hydroxylation sites is 1. The van der Waals surface area contributed by atoms with E-state index in [0.29, 0.717) is 6.54 Å². The van der Waals surface area contributed by atoms with Gasteiger partial charge in [-0.25, -0.2) is 0 Å². The maximum Gasteiger partial charge on any atom is 0.135 e. The molecule has 1 aliphatic heterocycles. The van der Waals surface area contributed by atoms with Crippen LogP contribution in [0.5, 0.6) is 0 Å². The van der Waals surface area contributed by atoms with E-state index >= 15 is 0 Å². The highest BCUT2D eigenvalue weighted by molar-refractivity contribution is 6.26. The van der Waals surface area contributed by atoms with Crippen LogP contribution in [0, 0.1) is 0 Å². The number of fused-ring (bicyclic) bond motifs is 12. The van der Waals surface area contributed by atoms with Crippen LogP contribution in [0.4, 0.5) is 11.4 Å². The molecule has 11 rings (SSSR count). The number of hydrogen-bond donors (Lipinski definition) is 1. The maximum absolute atomic E-state index is 6.44. The Morgan fingerprint density at radius 3 is 1.69 bits per heavy atom. The quantitative estimate of drug-likeness (QED) is 0.190. The van der Waals surface area contributed by atoms with Gasteiger partial charge in [-0.1, -0.05) is 133 Å². The van der Waals surface area contributed by atoms with E-state index in [4.69, 9.17) is 4.42 Å². The van der Waals surface area contributed by atoms with Crippen LogP contribution in [0.25, 0.3) is 81.7 Å². The van der Waals surface area contributed by atoms with Gasteiger partial charge in [0.1, 0.15) is 11.3 Å². The van der Waals surface area contributed by atoms with Crippen molar-refractivity contribution < 1.29 is 4.42 Å². The monoisotopic (exact) mass is 664 g/mol. The second-order valence-corrected chi connectivity index (χ2v) is 13.7. The molecule has 1 aromatic heterocycles. The zero-order valence-corrected chi connectivity index (χ0v) is 28.3. The van der Waals surface area contributed by atoms with Crippen molar-refractivity contribution in [1.29, 1.82) is 0 Å². The summed E-state index contributed by atoms with van der Waals surface area (Å²) in [5, 5.41) is 17.3. The van der Waals surface area contributed by atoms with E-state index in [2.05, 4.69) is 180 Å². The number of nitrogens with zero attached hydrogens (tertiary/aromatic N) is 1. The van der Waals surface area contributed by atoms with Crippen molar-refractivity contribution in [3.8, 4) is 11.1 Å². The number of anilines is 2. The van der Waals surface area contributed by atoms with Gasteiger partial charge in [-0.15, -0.1) is 0 Å². The zero-order valence-electron chi connectivity index (χ0n) is 28.3. The molecule has 0 fully saturated rings. The fraction of sp³-hybridized carbons (Fsp3) is 0.0204. The third kappa shape index (κ3) is 4.33. The summed E-state index contributed by atoms with van der Waals surface area (Å²) in [6, 6.07) is 61.7. The van der Waals surface area contributed by atoms with E-state index in [1.807, 2.05) is 6.07 Å². The molecule has 0 saturated heterocycles. The summed E-state index contributed by atoms with van der Waals surface area (Å²) in [5.41, 5.74) is 7.66. The first-order valence-corrected chi connectivity index (χ1v) is 17.9. The first-order chi connectivity index (χ1) is 25.8. The zero-order chi connectivity index (χ0) is 34.2. The molecule has 0 radical (unpaired) electrons. The van der Waals surface area contributed by atoms with Gasteiger partial charge in [0.15, 0.2) is 0 Å². The lowest BCUT2D eigenvalue weighted by Crippen LogP contribution is -2.22. The Kier molecular flexibility index (Phi) is 6.31. The highest BCUT2D eigenvalue weighted by Gasteiger charge is 2.27. The topological polar surface area (TPSA) is 28.4 Å². The predicted octanol–water partition coefficient (Wildman–Crippen LogP) is 13.1. The summed E-state index contributed by atoms with van der Waals surface area (Å²) in [6.45, 7) is 0.643. The van der Waals surface area contributed by atoms with Crippen molar-refractivity contribution in [1.82, 2.24) is 5.32 Å². The van der Waals surface area contributed by atoms with Crippen LogP contribution in [0.1, 0.15) is 11.3 Å². The second-order valence-electron chi connectivity index (χ2n) is 13.7. The van der Waals surface area contributed by atoms with Gasteiger partial charge in [0.2, 0.25) is 0 Å². The van der Waals surface area contributed by atoms with Gasteiger partial charge < -0.3 is 14.6 Å². The molecule has 0 bridgehead atoms. The van der Waals surface area contributed by atoms with E-state index < -0.39 is 0 Å². The molecule has 0 aliphatic carbocycles. The van der Waals surface area contributed by atoms with E-state index in [1.54, 1.807) is 0 Å².